The molecule has 0 bridgehead atoms. The summed E-state index contributed by atoms with van der Waals surface area (Å²) in [7, 11) is -3.19. The molecule has 0 saturated carbocycles. The zero-order valence-electron chi connectivity index (χ0n) is 7.73. The summed E-state index contributed by atoms with van der Waals surface area (Å²) in [5, 5.41) is 0. The fourth-order valence-electron chi connectivity index (χ4n) is 1.14. The molecule has 0 saturated heterocycles. The van der Waals surface area contributed by atoms with Crippen LogP contribution in [-0.4, -0.2) is 19.1 Å². The topological polar surface area (TPSA) is 59.3 Å². The Hall–Kier alpha value is -0.330. The molecule has 0 fully saturated rings. The Morgan fingerprint density at radius 1 is 1.64 bits per heavy atom. The average Bonchev–Trinajstić information content (AvgIpc) is 2.55. The van der Waals surface area contributed by atoms with Gasteiger partial charge >= 0.3 is 0 Å². The minimum atomic E-state index is -3.19. The van der Waals surface area contributed by atoms with Gasteiger partial charge in [0.25, 0.3) is 0 Å². The molecule has 0 spiro atoms. The maximum absolute atomic E-state index is 11.2. The lowest BCUT2D eigenvalue weighted by Gasteiger charge is -2.11. The molecule has 0 aliphatic rings. The highest BCUT2D eigenvalue weighted by molar-refractivity contribution is 9.10. The van der Waals surface area contributed by atoms with Gasteiger partial charge < -0.3 is 4.42 Å². The first kappa shape index (κ1) is 11.7. The number of furan rings is 1. The van der Waals surface area contributed by atoms with Gasteiger partial charge in [-0.2, -0.15) is 0 Å². The van der Waals surface area contributed by atoms with E-state index in [2.05, 4.69) is 20.7 Å². The van der Waals surface area contributed by atoms with Crippen LogP contribution in [0.2, 0.25) is 0 Å². The third-order valence-corrected chi connectivity index (χ3v) is 4.50. The van der Waals surface area contributed by atoms with Gasteiger partial charge in [-0.05, 0) is 25.0 Å². The zero-order chi connectivity index (χ0) is 10.6. The van der Waals surface area contributed by atoms with E-state index in [0.717, 1.165) is 5.56 Å². The summed E-state index contributed by atoms with van der Waals surface area (Å²) in [6.45, 7) is 1.81. The largest absolute Gasteiger partial charge is 0.472 e. The summed E-state index contributed by atoms with van der Waals surface area (Å²) in [4.78, 5) is 0. The Balaban J connectivity index is 2.48. The van der Waals surface area contributed by atoms with E-state index in [1.807, 2.05) is 13.0 Å². The molecule has 1 N–H and O–H groups in total. The summed E-state index contributed by atoms with van der Waals surface area (Å²) in [5.74, 6) is 0. The van der Waals surface area contributed by atoms with Crippen molar-refractivity contribution in [3.05, 3.63) is 24.2 Å². The van der Waals surface area contributed by atoms with Crippen molar-refractivity contribution in [2.75, 3.05) is 4.66 Å². The van der Waals surface area contributed by atoms with Crippen molar-refractivity contribution < 1.29 is 12.8 Å². The van der Waals surface area contributed by atoms with Crippen molar-refractivity contribution in [1.29, 1.82) is 0 Å². The SMILES string of the molecule is CC(Cc1ccoc1)NS(=O)(=O)CBr. The Morgan fingerprint density at radius 2 is 2.36 bits per heavy atom. The van der Waals surface area contributed by atoms with E-state index in [1.165, 1.54) is 0 Å². The summed E-state index contributed by atoms with van der Waals surface area (Å²) in [6, 6.07) is 1.69. The number of hydrogen-bond acceptors (Lipinski definition) is 3. The highest BCUT2D eigenvalue weighted by atomic mass is 79.9. The molecule has 0 radical (unpaired) electrons. The van der Waals surface area contributed by atoms with Gasteiger partial charge in [0.2, 0.25) is 10.0 Å². The number of rotatable bonds is 5. The van der Waals surface area contributed by atoms with Gasteiger partial charge in [-0.25, -0.2) is 13.1 Å². The highest BCUT2D eigenvalue weighted by Gasteiger charge is 2.13. The van der Waals surface area contributed by atoms with Crippen molar-refractivity contribution in [3.8, 4) is 0 Å². The van der Waals surface area contributed by atoms with Crippen LogP contribution in [0.25, 0.3) is 0 Å². The summed E-state index contributed by atoms with van der Waals surface area (Å²) < 4.78 is 29.7. The molecular formula is C8H12BrNO3S. The molecule has 0 amide bonds. The van der Waals surface area contributed by atoms with E-state index < -0.39 is 10.0 Å². The number of sulfonamides is 1. The smallest absolute Gasteiger partial charge is 0.221 e. The molecule has 0 aliphatic carbocycles. The minimum absolute atomic E-state index is 0.0737. The predicted octanol–water partition coefficient (Wildman–Crippen LogP) is 1.48. The third-order valence-electron chi connectivity index (χ3n) is 1.65. The number of nitrogens with one attached hydrogen (secondary N) is 1. The lowest BCUT2D eigenvalue weighted by molar-refractivity contribution is 0.551. The van der Waals surface area contributed by atoms with E-state index in [1.54, 1.807) is 12.5 Å². The van der Waals surface area contributed by atoms with Gasteiger partial charge in [-0.15, -0.1) is 0 Å². The second-order valence-corrected chi connectivity index (χ2v) is 6.14. The van der Waals surface area contributed by atoms with E-state index in [4.69, 9.17) is 4.42 Å². The van der Waals surface area contributed by atoms with Gasteiger partial charge in [0.1, 0.15) is 4.66 Å². The average molecular weight is 282 g/mol. The first-order valence-electron chi connectivity index (χ1n) is 4.10. The molecule has 1 atom stereocenters. The van der Waals surface area contributed by atoms with Crippen molar-refractivity contribution in [3.63, 3.8) is 0 Å². The van der Waals surface area contributed by atoms with Gasteiger partial charge in [0.05, 0.1) is 12.5 Å². The van der Waals surface area contributed by atoms with Crippen molar-refractivity contribution >= 4 is 26.0 Å². The fourth-order valence-corrected chi connectivity index (χ4v) is 2.30. The van der Waals surface area contributed by atoms with Gasteiger partial charge in [0, 0.05) is 6.04 Å². The monoisotopic (exact) mass is 281 g/mol. The van der Waals surface area contributed by atoms with E-state index in [-0.39, 0.29) is 10.7 Å². The summed E-state index contributed by atoms with van der Waals surface area (Å²) in [5.41, 5.74) is 0.981. The van der Waals surface area contributed by atoms with Crippen LogP contribution in [0.3, 0.4) is 0 Å². The molecule has 0 aliphatic heterocycles. The summed E-state index contributed by atoms with van der Waals surface area (Å²) in [6.07, 6.45) is 3.81. The maximum atomic E-state index is 11.2. The molecule has 80 valence electrons. The molecule has 4 nitrogen and oxygen atoms in total. The van der Waals surface area contributed by atoms with Crippen LogP contribution >= 0.6 is 15.9 Å². The quantitative estimate of drug-likeness (QED) is 0.832. The maximum Gasteiger partial charge on any atom is 0.221 e. The standard InChI is InChI=1S/C8H12BrNO3S/c1-7(10-14(11,12)6-9)4-8-2-3-13-5-8/h2-3,5,7,10H,4,6H2,1H3. The summed E-state index contributed by atoms with van der Waals surface area (Å²) >= 11 is 2.91. The van der Waals surface area contributed by atoms with Crippen molar-refractivity contribution in [1.82, 2.24) is 4.72 Å². The Labute approximate surface area is 91.9 Å². The third kappa shape index (κ3) is 3.81. The van der Waals surface area contributed by atoms with E-state index >= 15 is 0 Å². The lowest BCUT2D eigenvalue weighted by atomic mass is 10.1. The van der Waals surface area contributed by atoms with Crippen LogP contribution in [0.1, 0.15) is 12.5 Å². The molecule has 1 aromatic rings. The first-order valence-corrected chi connectivity index (χ1v) is 6.88. The molecule has 14 heavy (non-hydrogen) atoms. The second-order valence-electron chi connectivity index (χ2n) is 3.08. The van der Waals surface area contributed by atoms with Crippen LogP contribution in [0.15, 0.2) is 23.0 Å². The van der Waals surface area contributed by atoms with Gasteiger partial charge in [-0.1, -0.05) is 15.9 Å². The Morgan fingerprint density at radius 3 is 2.86 bits per heavy atom. The molecule has 1 rings (SSSR count). The molecule has 1 unspecified atom stereocenters. The van der Waals surface area contributed by atoms with Crippen LogP contribution < -0.4 is 4.72 Å². The number of halogens is 1. The normalized spacial score (nSPS) is 14.1. The molecule has 6 heteroatoms. The van der Waals surface area contributed by atoms with E-state index in [0.29, 0.717) is 6.42 Å². The van der Waals surface area contributed by atoms with Crippen LogP contribution in [-0.2, 0) is 16.4 Å². The highest BCUT2D eigenvalue weighted by Crippen LogP contribution is 2.05. The fraction of sp³-hybridized carbons (Fsp3) is 0.500. The van der Waals surface area contributed by atoms with Crippen LogP contribution in [0.5, 0.6) is 0 Å². The lowest BCUT2D eigenvalue weighted by Crippen LogP contribution is -2.34. The number of alkyl halides is 1. The molecule has 1 aromatic heterocycles. The Kier molecular flexibility index (Phi) is 4.15. The first-order chi connectivity index (χ1) is 6.53. The number of hydrogen-bond donors (Lipinski definition) is 1. The van der Waals surface area contributed by atoms with Crippen molar-refractivity contribution in [2.45, 2.75) is 19.4 Å². The van der Waals surface area contributed by atoms with Crippen LogP contribution in [0, 0.1) is 0 Å². The van der Waals surface area contributed by atoms with E-state index in [9.17, 15) is 8.42 Å². The van der Waals surface area contributed by atoms with Crippen molar-refractivity contribution in [2.24, 2.45) is 0 Å². The minimum Gasteiger partial charge on any atom is -0.472 e. The Bertz CT molecular complexity index is 360. The molecular weight excluding hydrogens is 270 g/mol. The predicted molar refractivity (Wildman–Crippen MR) is 57.7 cm³/mol. The second kappa shape index (κ2) is 4.95. The molecule has 0 aromatic carbocycles. The van der Waals surface area contributed by atoms with Crippen LogP contribution in [0.4, 0.5) is 0 Å². The van der Waals surface area contributed by atoms with Gasteiger partial charge in [0.15, 0.2) is 0 Å². The molecule has 1 heterocycles. The zero-order valence-corrected chi connectivity index (χ0v) is 10.1. The van der Waals surface area contributed by atoms with Gasteiger partial charge in [-0.3, -0.25) is 0 Å².